The van der Waals surface area contributed by atoms with E-state index in [1.165, 1.54) is 0 Å². The van der Waals surface area contributed by atoms with Gasteiger partial charge in [0.1, 0.15) is 5.75 Å². The first-order valence-corrected chi connectivity index (χ1v) is 6.90. The molecular formula is C16H15NO3. The molecule has 0 amide bonds. The van der Waals surface area contributed by atoms with Crippen molar-refractivity contribution in [3.63, 3.8) is 0 Å². The third-order valence-electron chi connectivity index (χ3n) is 3.70. The quantitative estimate of drug-likeness (QED) is 0.589. The van der Waals surface area contributed by atoms with E-state index in [-0.39, 0.29) is 23.4 Å². The second-order valence-electron chi connectivity index (χ2n) is 5.46. The first-order chi connectivity index (χ1) is 9.69. The highest BCUT2D eigenvalue weighted by Crippen LogP contribution is 2.36. The number of ether oxygens (including phenoxy) is 1. The van der Waals surface area contributed by atoms with Crippen LogP contribution in [0, 0.1) is 18.4 Å². The van der Waals surface area contributed by atoms with Gasteiger partial charge in [-0.2, -0.15) is 0 Å². The average molecular weight is 269 g/mol. The summed E-state index contributed by atoms with van der Waals surface area (Å²) >= 11 is 0. The molecule has 0 unspecified atom stereocenters. The van der Waals surface area contributed by atoms with Gasteiger partial charge in [-0.25, -0.2) is 4.85 Å². The molecule has 2 saturated carbocycles. The van der Waals surface area contributed by atoms with E-state index in [1.807, 2.05) is 0 Å². The van der Waals surface area contributed by atoms with Gasteiger partial charge in [-0.3, -0.25) is 9.59 Å². The zero-order valence-electron chi connectivity index (χ0n) is 11.0. The van der Waals surface area contributed by atoms with Gasteiger partial charge in [0.2, 0.25) is 6.10 Å². The van der Waals surface area contributed by atoms with Crippen molar-refractivity contribution in [2.24, 2.45) is 11.8 Å². The Kier molecular flexibility index (Phi) is 3.27. The molecule has 2 fully saturated rings. The molecule has 0 aliphatic heterocycles. The van der Waals surface area contributed by atoms with Crippen molar-refractivity contribution in [1.82, 2.24) is 0 Å². The Morgan fingerprint density at radius 1 is 1.05 bits per heavy atom. The summed E-state index contributed by atoms with van der Waals surface area (Å²) in [7, 11) is 0. The van der Waals surface area contributed by atoms with Gasteiger partial charge in [-0.05, 0) is 37.8 Å². The average Bonchev–Trinajstić information content (AvgIpc) is 3.35. The van der Waals surface area contributed by atoms with Gasteiger partial charge >= 0.3 is 0 Å². The van der Waals surface area contributed by atoms with Crippen molar-refractivity contribution in [1.29, 1.82) is 0 Å². The molecule has 4 heteroatoms. The van der Waals surface area contributed by atoms with Gasteiger partial charge in [0, 0.05) is 11.8 Å². The monoisotopic (exact) mass is 269 g/mol. The van der Waals surface area contributed by atoms with E-state index in [9.17, 15) is 9.59 Å². The summed E-state index contributed by atoms with van der Waals surface area (Å²) in [6, 6.07) is 6.53. The number of rotatable bonds is 6. The first kappa shape index (κ1) is 12.9. The first-order valence-electron chi connectivity index (χ1n) is 6.90. The summed E-state index contributed by atoms with van der Waals surface area (Å²) in [5, 5.41) is 0. The molecule has 2 aliphatic rings. The zero-order chi connectivity index (χ0) is 14.1. The summed E-state index contributed by atoms with van der Waals surface area (Å²) in [6.07, 6.45) is 2.52. The number of hydrogen-bond acceptors (Lipinski definition) is 3. The van der Waals surface area contributed by atoms with Crippen LogP contribution in [0.25, 0.3) is 4.85 Å². The summed E-state index contributed by atoms with van der Waals surface area (Å²) in [5.74, 6) is 0.341. The maximum Gasteiger partial charge on any atom is 0.215 e. The molecule has 1 aromatic rings. The highest BCUT2D eigenvalue weighted by atomic mass is 16.5. The summed E-state index contributed by atoms with van der Waals surface area (Å²) < 4.78 is 5.64. The molecular weight excluding hydrogens is 254 g/mol. The van der Waals surface area contributed by atoms with Gasteiger partial charge in [0.25, 0.3) is 0 Å². The molecule has 0 aromatic heterocycles. The fourth-order valence-corrected chi connectivity index (χ4v) is 2.16. The van der Waals surface area contributed by atoms with Crippen molar-refractivity contribution >= 4 is 17.3 Å². The number of Topliss-reactive ketones (excluding diaryl/α,β-unsaturated/α-hetero) is 2. The normalized spacial score (nSPS) is 17.6. The summed E-state index contributed by atoms with van der Waals surface area (Å²) in [6.45, 7) is 6.90. The van der Waals surface area contributed by atoms with E-state index in [4.69, 9.17) is 11.3 Å². The third-order valence-corrected chi connectivity index (χ3v) is 3.70. The molecule has 3 rings (SSSR count). The fourth-order valence-electron chi connectivity index (χ4n) is 2.16. The van der Waals surface area contributed by atoms with Gasteiger partial charge in [-0.15, -0.1) is 0 Å². The number of benzene rings is 1. The van der Waals surface area contributed by atoms with Crippen LogP contribution in [-0.2, 0) is 9.59 Å². The summed E-state index contributed by atoms with van der Waals surface area (Å²) in [4.78, 5) is 27.7. The van der Waals surface area contributed by atoms with E-state index in [0.29, 0.717) is 11.4 Å². The van der Waals surface area contributed by atoms with Gasteiger partial charge < -0.3 is 4.74 Å². The van der Waals surface area contributed by atoms with Crippen LogP contribution < -0.4 is 4.74 Å². The zero-order valence-corrected chi connectivity index (χ0v) is 11.0. The Morgan fingerprint density at radius 3 is 1.95 bits per heavy atom. The van der Waals surface area contributed by atoms with Gasteiger partial charge in [-0.1, -0.05) is 12.1 Å². The number of nitrogens with zero attached hydrogens (tertiary/aromatic N) is 1. The summed E-state index contributed by atoms with van der Waals surface area (Å²) in [5.41, 5.74) is 0.510. The standard InChI is InChI=1S/C16H15NO3/c1-17-12-6-8-13(9-7-12)20-16(14(18)10-2-3-10)15(19)11-4-5-11/h6-11,16H,2-5H2. The molecule has 20 heavy (non-hydrogen) atoms. The van der Waals surface area contributed by atoms with Crippen molar-refractivity contribution in [2.75, 3.05) is 0 Å². The van der Waals surface area contributed by atoms with Crippen LogP contribution >= 0.6 is 0 Å². The van der Waals surface area contributed by atoms with Crippen molar-refractivity contribution in [2.45, 2.75) is 31.8 Å². The molecule has 0 heterocycles. The Bertz CT molecular complexity index is 553. The number of carbonyl (C=O) groups is 2. The fraction of sp³-hybridized carbons (Fsp3) is 0.438. The van der Waals surface area contributed by atoms with Crippen LogP contribution in [0.2, 0.25) is 0 Å². The number of carbonyl (C=O) groups excluding carboxylic acids is 2. The molecule has 0 N–H and O–H groups in total. The highest BCUT2D eigenvalue weighted by Gasteiger charge is 2.44. The van der Waals surface area contributed by atoms with Crippen LogP contribution in [0.15, 0.2) is 24.3 Å². The minimum Gasteiger partial charge on any atom is -0.475 e. The molecule has 102 valence electrons. The Hall–Kier alpha value is -2.15. The van der Waals surface area contributed by atoms with E-state index >= 15 is 0 Å². The molecule has 0 bridgehead atoms. The Morgan fingerprint density at radius 2 is 1.55 bits per heavy atom. The lowest BCUT2D eigenvalue weighted by atomic mass is 10.0. The Labute approximate surface area is 117 Å². The Balaban J connectivity index is 1.75. The molecule has 0 saturated heterocycles. The molecule has 4 nitrogen and oxygen atoms in total. The van der Waals surface area contributed by atoms with Crippen LogP contribution in [0.3, 0.4) is 0 Å². The third kappa shape index (κ3) is 2.72. The predicted molar refractivity (Wildman–Crippen MR) is 72.6 cm³/mol. The number of ketones is 2. The minimum atomic E-state index is -0.950. The second kappa shape index (κ2) is 5.09. The van der Waals surface area contributed by atoms with E-state index in [0.717, 1.165) is 25.7 Å². The van der Waals surface area contributed by atoms with Crippen LogP contribution in [0.4, 0.5) is 5.69 Å². The minimum absolute atomic E-state index is 0.00483. The van der Waals surface area contributed by atoms with Gasteiger partial charge in [0.05, 0.1) is 6.57 Å². The maximum atomic E-state index is 12.2. The molecule has 2 aliphatic carbocycles. The smallest absolute Gasteiger partial charge is 0.215 e. The number of hydrogen-bond donors (Lipinski definition) is 0. The SMILES string of the molecule is [C-]#[N+]c1ccc(OC(C(=O)C2CC2)C(=O)C2CC2)cc1. The van der Waals surface area contributed by atoms with Crippen molar-refractivity contribution < 1.29 is 14.3 Å². The topological polar surface area (TPSA) is 47.7 Å². The molecule has 0 radical (unpaired) electrons. The molecule has 0 atom stereocenters. The molecule has 1 aromatic carbocycles. The maximum absolute atomic E-state index is 12.2. The van der Waals surface area contributed by atoms with E-state index < -0.39 is 6.10 Å². The van der Waals surface area contributed by atoms with E-state index in [2.05, 4.69) is 4.85 Å². The second-order valence-corrected chi connectivity index (χ2v) is 5.46. The lowest BCUT2D eigenvalue weighted by Crippen LogP contribution is -2.37. The van der Waals surface area contributed by atoms with Crippen LogP contribution in [0.5, 0.6) is 5.75 Å². The van der Waals surface area contributed by atoms with Gasteiger partial charge in [0.15, 0.2) is 17.3 Å². The lowest BCUT2D eigenvalue weighted by Gasteiger charge is -2.16. The van der Waals surface area contributed by atoms with Crippen molar-refractivity contribution in [3.05, 3.63) is 35.7 Å². The van der Waals surface area contributed by atoms with Crippen LogP contribution in [-0.4, -0.2) is 17.7 Å². The van der Waals surface area contributed by atoms with Crippen LogP contribution in [0.1, 0.15) is 25.7 Å². The van der Waals surface area contributed by atoms with Crippen molar-refractivity contribution in [3.8, 4) is 5.75 Å². The van der Waals surface area contributed by atoms with E-state index in [1.54, 1.807) is 24.3 Å². The highest BCUT2D eigenvalue weighted by molar-refractivity contribution is 6.08. The largest absolute Gasteiger partial charge is 0.475 e. The lowest BCUT2D eigenvalue weighted by molar-refractivity contribution is -0.138. The molecule has 0 spiro atoms. The predicted octanol–water partition coefficient (Wildman–Crippen LogP) is 2.94.